The highest BCUT2D eigenvalue weighted by Gasteiger charge is 2.18. The molecule has 0 unspecified atom stereocenters. The number of carboxylic acid groups (broad SMARTS) is 1. The summed E-state index contributed by atoms with van der Waals surface area (Å²) in [5.41, 5.74) is 2.44. The minimum atomic E-state index is -0.833. The van der Waals surface area contributed by atoms with E-state index in [1.165, 1.54) is 5.56 Å². The number of carbonyl (C=O) groups is 1. The van der Waals surface area contributed by atoms with Gasteiger partial charge in [0.25, 0.3) is 5.97 Å². The van der Waals surface area contributed by atoms with Crippen molar-refractivity contribution in [2.24, 2.45) is 0 Å². The van der Waals surface area contributed by atoms with Crippen LogP contribution in [0.15, 0.2) is 24.3 Å². The fourth-order valence-corrected chi connectivity index (χ4v) is 1.53. The zero-order valence-electron chi connectivity index (χ0n) is 8.10. The van der Waals surface area contributed by atoms with Crippen LogP contribution in [0.2, 0.25) is 0 Å². The van der Waals surface area contributed by atoms with E-state index in [9.17, 15) is 5.11 Å². The molecular formula is C11H14O3. The van der Waals surface area contributed by atoms with E-state index in [2.05, 4.69) is 6.07 Å². The van der Waals surface area contributed by atoms with Gasteiger partial charge < -0.3 is 10.2 Å². The van der Waals surface area contributed by atoms with E-state index in [0.29, 0.717) is 0 Å². The monoisotopic (exact) mass is 194 g/mol. The van der Waals surface area contributed by atoms with Crippen molar-refractivity contribution < 1.29 is 15.0 Å². The number of benzene rings is 1. The second kappa shape index (κ2) is 4.77. The van der Waals surface area contributed by atoms with Crippen molar-refractivity contribution in [1.82, 2.24) is 0 Å². The molecule has 1 aromatic rings. The molecule has 2 rings (SSSR count). The van der Waals surface area contributed by atoms with Crippen molar-refractivity contribution in [2.45, 2.75) is 25.9 Å². The smallest absolute Gasteiger partial charge is 0.300 e. The normalized spacial score (nSPS) is 18.0. The van der Waals surface area contributed by atoms with Crippen LogP contribution in [0, 0.1) is 0 Å². The molecule has 0 spiro atoms. The summed E-state index contributed by atoms with van der Waals surface area (Å²) in [5, 5.41) is 16.8. The van der Waals surface area contributed by atoms with Gasteiger partial charge in [0.15, 0.2) is 0 Å². The lowest BCUT2D eigenvalue weighted by atomic mass is 10.1. The Morgan fingerprint density at radius 3 is 2.57 bits per heavy atom. The summed E-state index contributed by atoms with van der Waals surface area (Å²) in [6.45, 7) is 1.08. The lowest BCUT2D eigenvalue weighted by molar-refractivity contribution is -0.134. The molecule has 0 radical (unpaired) electrons. The first-order chi connectivity index (χ1) is 6.61. The van der Waals surface area contributed by atoms with Crippen molar-refractivity contribution in [3.05, 3.63) is 35.4 Å². The van der Waals surface area contributed by atoms with E-state index >= 15 is 0 Å². The third-order valence-corrected chi connectivity index (χ3v) is 2.10. The lowest BCUT2D eigenvalue weighted by Crippen LogP contribution is -1.88. The zero-order chi connectivity index (χ0) is 10.6. The largest absolute Gasteiger partial charge is 0.481 e. The molecule has 1 aliphatic carbocycles. The van der Waals surface area contributed by atoms with Crippen molar-refractivity contribution in [1.29, 1.82) is 0 Å². The van der Waals surface area contributed by atoms with E-state index in [0.717, 1.165) is 25.3 Å². The molecule has 0 bridgehead atoms. The average molecular weight is 194 g/mol. The number of carboxylic acids is 1. The van der Waals surface area contributed by atoms with Crippen LogP contribution in [-0.2, 0) is 11.2 Å². The summed E-state index contributed by atoms with van der Waals surface area (Å²) in [4.78, 5) is 9.00. The van der Waals surface area contributed by atoms with Crippen LogP contribution in [-0.4, -0.2) is 16.2 Å². The first kappa shape index (κ1) is 10.7. The molecule has 2 N–H and O–H groups in total. The Morgan fingerprint density at radius 2 is 2.00 bits per heavy atom. The maximum absolute atomic E-state index is 9.38. The van der Waals surface area contributed by atoms with Crippen molar-refractivity contribution in [3.63, 3.8) is 0 Å². The fourth-order valence-electron chi connectivity index (χ4n) is 1.53. The van der Waals surface area contributed by atoms with Crippen LogP contribution in [0.4, 0.5) is 0 Å². The summed E-state index contributed by atoms with van der Waals surface area (Å²) >= 11 is 0. The number of aliphatic carboxylic acids is 1. The molecule has 14 heavy (non-hydrogen) atoms. The summed E-state index contributed by atoms with van der Waals surface area (Å²) in [6.07, 6.45) is 1.74. The van der Waals surface area contributed by atoms with E-state index in [-0.39, 0.29) is 6.10 Å². The Morgan fingerprint density at radius 1 is 1.43 bits per heavy atom. The SMILES string of the molecule is CC(=O)O.O[C@H]1CCc2ccccc21. The highest BCUT2D eigenvalue weighted by Crippen LogP contribution is 2.29. The predicted molar refractivity (Wildman–Crippen MR) is 53.0 cm³/mol. The minimum absolute atomic E-state index is 0.198. The molecule has 0 saturated carbocycles. The molecule has 0 aromatic heterocycles. The summed E-state index contributed by atoms with van der Waals surface area (Å²) in [6, 6.07) is 8.10. The fraction of sp³-hybridized carbons (Fsp3) is 0.364. The van der Waals surface area contributed by atoms with E-state index in [1.807, 2.05) is 18.2 Å². The van der Waals surface area contributed by atoms with Gasteiger partial charge in [-0.2, -0.15) is 0 Å². The van der Waals surface area contributed by atoms with Crippen molar-refractivity contribution in [2.75, 3.05) is 0 Å². The molecule has 3 nitrogen and oxygen atoms in total. The van der Waals surface area contributed by atoms with Gasteiger partial charge in [-0.1, -0.05) is 24.3 Å². The molecule has 0 amide bonds. The number of rotatable bonds is 0. The Balaban J connectivity index is 0.000000213. The predicted octanol–water partition coefficient (Wildman–Crippen LogP) is 1.76. The van der Waals surface area contributed by atoms with Crippen LogP contribution in [0.3, 0.4) is 0 Å². The number of aliphatic hydroxyl groups excluding tert-OH is 1. The molecular weight excluding hydrogens is 180 g/mol. The Bertz CT molecular complexity index is 316. The number of hydrogen-bond donors (Lipinski definition) is 2. The molecule has 0 heterocycles. The van der Waals surface area contributed by atoms with Crippen LogP contribution < -0.4 is 0 Å². The van der Waals surface area contributed by atoms with Gasteiger partial charge in [-0.25, -0.2) is 0 Å². The third kappa shape index (κ3) is 2.85. The maximum atomic E-state index is 9.38. The van der Waals surface area contributed by atoms with Gasteiger partial charge in [-0.15, -0.1) is 0 Å². The Kier molecular flexibility index (Phi) is 3.65. The van der Waals surface area contributed by atoms with Gasteiger partial charge in [0.2, 0.25) is 0 Å². The molecule has 0 saturated heterocycles. The van der Waals surface area contributed by atoms with E-state index in [1.54, 1.807) is 0 Å². The topological polar surface area (TPSA) is 57.5 Å². The summed E-state index contributed by atoms with van der Waals surface area (Å²) in [5.74, 6) is -0.833. The third-order valence-electron chi connectivity index (χ3n) is 2.10. The van der Waals surface area contributed by atoms with Gasteiger partial charge in [-0.05, 0) is 24.0 Å². The van der Waals surface area contributed by atoms with Crippen LogP contribution in [0.1, 0.15) is 30.6 Å². The van der Waals surface area contributed by atoms with Gasteiger partial charge in [-0.3, -0.25) is 4.79 Å². The second-order valence-corrected chi connectivity index (χ2v) is 3.27. The van der Waals surface area contributed by atoms with E-state index in [4.69, 9.17) is 9.90 Å². The number of aliphatic hydroxyl groups is 1. The van der Waals surface area contributed by atoms with Gasteiger partial charge in [0.05, 0.1) is 6.10 Å². The second-order valence-electron chi connectivity index (χ2n) is 3.27. The molecule has 1 atom stereocenters. The van der Waals surface area contributed by atoms with Gasteiger partial charge in [0, 0.05) is 6.92 Å². The standard InChI is InChI=1S/C9H10O.C2H4O2/c10-9-6-5-7-3-1-2-4-8(7)9;1-2(3)4/h1-4,9-10H,5-6H2;1H3,(H,3,4)/t9-;/m0./s1. The van der Waals surface area contributed by atoms with Crippen molar-refractivity contribution >= 4 is 5.97 Å². The molecule has 0 aliphatic heterocycles. The maximum Gasteiger partial charge on any atom is 0.300 e. The number of fused-ring (bicyclic) bond motifs is 1. The van der Waals surface area contributed by atoms with Crippen LogP contribution >= 0.6 is 0 Å². The van der Waals surface area contributed by atoms with Crippen LogP contribution in [0.5, 0.6) is 0 Å². The first-order valence-electron chi connectivity index (χ1n) is 4.56. The first-order valence-corrected chi connectivity index (χ1v) is 4.56. The van der Waals surface area contributed by atoms with Gasteiger partial charge >= 0.3 is 0 Å². The summed E-state index contributed by atoms with van der Waals surface area (Å²) < 4.78 is 0. The average Bonchev–Trinajstić information content (AvgIpc) is 2.48. The highest BCUT2D eigenvalue weighted by molar-refractivity contribution is 5.62. The van der Waals surface area contributed by atoms with Gasteiger partial charge in [0.1, 0.15) is 0 Å². The quantitative estimate of drug-likeness (QED) is 0.661. The van der Waals surface area contributed by atoms with Crippen molar-refractivity contribution in [3.8, 4) is 0 Å². The molecule has 1 aromatic carbocycles. The highest BCUT2D eigenvalue weighted by atomic mass is 16.4. The minimum Gasteiger partial charge on any atom is -0.481 e. The Labute approximate surface area is 83.0 Å². The molecule has 1 aliphatic rings. The molecule has 3 heteroatoms. The zero-order valence-corrected chi connectivity index (χ0v) is 8.10. The van der Waals surface area contributed by atoms with E-state index < -0.39 is 5.97 Å². The van der Waals surface area contributed by atoms with Crippen LogP contribution in [0.25, 0.3) is 0 Å². The molecule has 0 fully saturated rings. The number of hydrogen-bond acceptors (Lipinski definition) is 2. The Hall–Kier alpha value is -1.35. The molecule has 76 valence electrons. The number of aryl methyl sites for hydroxylation is 1. The summed E-state index contributed by atoms with van der Waals surface area (Å²) in [7, 11) is 0. The lowest BCUT2D eigenvalue weighted by Gasteiger charge is -2.00.